The number of nitrogens with one attached hydrogen (secondary N) is 2. The first-order chi connectivity index (χ1) is 18.1. The highest BCUT2D eigenvalue weighted by Gasteiger charge is 2.26. The van der Waals surface area contributed by atoms with Crippen LogP contribution in [0, 0.1) is 11.3 Å². The Hall–Kier alpha value is -3.78. The summed E-state index contributed by atoms with van der Waals surface area (Å²) in [4.78, 5) is 25.5. The molecule has 0 heterocycles. The van der Waals surface area contributed by atoms with Crippen LogP contribution in [0.25, 0.3) is 0 Å². The van der Waals surface area contributed by atoms with Crippen molar-refractivity contribution in [2.24, 2.45) is 5.92 Å². The zero-order valence-corrected chi connectivity index (χ0v) is 22.5. The summed E-state index contributed by atoms with van der Waals surface area (Å²) in [7, 11) is -3.64. The van der Waals surface area contributed by atoms with E-state index in [1.807, 2.05) is 54.6 Å². The van der Waals surface area contributed by atoms with Crippen molar-refractivity contribution in [2.75, 3.05) is 18.0 Å². The van der Waals surface area contributed by atoms with Crippen LogP contribution in [0.2, 0.25) is 0 Å². The van der Waals surface area contributed by atoms with Gasteiger partial charge in [-0.3, -0.25) is 9.59 Å². The van der Waals surface area contributed by atoms with Gasteiger partial charge in [0.05, 0.1) is 24.0 Å². The van der Waals surface area contributed by atoms with Crippen molar-refractivity contribution in [2.45, 2.75) is 38.4 Å². The van der Waals surface area contributed by atoms with E-state index >= 15 is 0 Å². The van der Waals surface area contributed by atoms with Gasteiger partial charge in [-0.25, -0.2) is 8.42 Å². The molecule has 3 aromatic rings. The molecule has 0 radical (unpaired) electrons. The van der Waals surface area contributed by atoms with Crippen molar-refractivity contribution in [1.29, 1.82) is 5.41 Å². The van der Waals surface area contributed by atoms with Crippen molar-refractivity contribution in [3.8, 4) is 0 Å². The van der Waals surface area contributed by atoms with E-state index in [4.69, 9.17) is 11.1 Å². The summed E-state index contributed by atoms with van der Waals surface area (Å²) in [6.07, 6.45) is 1.66. The van der Waals surface area contributed by atoms with E-state index < -0.39 is 21.7 Å². The lowest BCUT2D eigenvalue weighted by molar-refractivity contribution is -0.127. The molecular weight excluding hydrogens is 498 g/mol. The number of ketones is 1. The van der Waals surface area contributed by atoms with Crippen LogP contribution in [0.4, 0.5) is 5.69 Å². The first-order valence-electron chi connectivity index (χ1n) is 12.6. The average molecular weight is 534 g/mol. The van der Waals surface area contributed by atoms with E-state index in [-0.39, 0.29) is 30.3 Å². The molecule has 200 valence electrons. The van der Waals surface area contributed by atoms with Gasteiger partial charge >= 0.3 is 0 Å². The van der Waals surface area contributed by atoms with Crippen LogP contribution in [0.3, 0.4) is 0 Å². The first-order valence-corrected chi connectivity index (χ1v) is 14.5. The van der Waals surface area contributed by atoms with Crippen molar-refractivity contribution in [1.82, 2.24) is 5.32 Å². The average Bonchev–Trinajstić information content (AvgIpc) is 2.90. The highest BCUT2D eigenvalue weighted by molar-refractivity contribution is 7.90. The van der Waals surface area contributed by atoms with Gasteiger partial charge in [0.2, 0.25) is 5.91 Å². The second-order valence-corrected chi connectivity index (χ2v) is 11.7. The topological polar surface area (TPSA) is 130 Å². The standard InChI is InChI=1S/C30H35N3O4S/c1-22(31)25-15-11-24(12-16-25)14-18-28(34)19-33-30(35)27(17-13-23-7-3-2-4-8-23)21-38(36,37)20-26-9-5-6-10-29(26)32/h2-12,15-16,27,31H,13-14,17-21,32H2,1H3,(H,33,35)/t27-/m0/s1. The molecule has 0 unspecified atom stereocenters. The molecule has 4 N–H and O–H groups in total. The van der Waals surface area contributed by atoms with Crippen LogP contribution in [0.5, 0.6) is 0 Å². The summed E-state index contributed by atoms with van der Waals surface area (Å²) in [5, 5.41) is 10.3. The third-order valence-corrected chi connectivity index (χ3v) is 8.08. The molecule has 7 nitrogen and oxygen atoms in total. The number of amides is 1. The summed E-state index contributed by atoms with van der Waals surface area (Å²) in [6.45, 7) is 1.57. The van der Waals surface area contributed by atoms with Crippen molar-refractivity contribution in [3.05, 3.63) is 101 Å². The number of carbonyl (C=O) groups excluding carboxylic acids is 2. The maximum Gasteiger partial charge on any atom is 0.224 e. The molecule has 0 aliphatic heterocycles. The number of para-hydroxylation sites is 1. The maximum atomic E-state index is 13.1. The largest absolute Gasteiger partial charge is 0.398 e. The van der Waals surface area contributed by atoms with E-state index in [2.05, 4.69) is 5.32 Å². The first kappa shape index (κ1) is 28.8. The van der Waals surface area contributed by atoms with E-state index in [0.717, 1.165) is 16.7 Å². The molecule has 0 saturated carbocycles. The predicted molar refractivity (Wildman–Crippen MR) is 152 cm³/mol. The van der Waals surface area contributed by atoms with Gasteiger partial charge in [-0.05, 0) is 54.5 Å². The van der Waals surface area contributed by atoms with Crippen molar-refractivity contribution >= 4 is 32.9 Å². The second kappa shape index (κ2) is 13.7. The number of nitrogens with two attached hydrogens (primary N) is 1. The third kappa shape index (κ3) is 9.27. The van der Waals surface area contributed by atoms with Crippen molar-refractivity contribution < 1.29 is 18.0 Å². The summed E-state index contributed by atoms with van der Waals surface area (Å²) in [5.41, 5.74) is 10.1. The van der Waals surface area contributed by atoms with Gasteiger partial charge < -0.3 is 16.5 Å². The molecule has 1 amide bonds. The molecule has 3 aromatic carbocycles. The number of hydrogen-bond acceptors (Lipinski definition) is 6. The van der Waals surface area contributed by atoms with Gasteiger partial charge in [0.1, 0.15) is 0 Å². The second-order valence-electron chi connectivity index (χ2n) is 9.55. The predicted octanol–water partition coefficient (Wildman–Crippen LogP) is 4.14. The number of sulfone groups is 1. The fourth-order valence-electron chi connectivity index (χ4n) is 4.17. The number of aryl methyl sites for hydroxylation is 2. The highest BCUT2D eigenvalue weighted by Crippen LogP contribution is 2.19. The van der Waals surface area contributed by atoms with Crippen LogP contribution >= 0.6 is 0 Å². The molecular formula is C30H35N3O4S. The molecule has 38 heavy (non-hydrogen) atoms. The van der Waals surface area contributed by atoms with E-state index in [0.29, 0.717) is 36.2 Å². The molecule has 0 fully saturated rings. The Labute approximate surface area is 224 Å². The SMILES string of the molecule is CC(=N)c1ccc(CCC(=O)CNC(=O)[C@@H](CCc2ccccc2)CS(=O)(=O)Cc2ccccc2N)cc1. The van der Waals surface area contributed by atoms with Gasteiger partial charge in [-0.2, -0.15) is 0 Å². The molecule has 0 aliphatic carbocycles. The van der Waals surface area contributed by atoms with Gasteiger partial charge in [-0.15, -0.1) is 0 Å². The molecule has 3 rings (SSSR count). The van der Waals surface area contributed by atoms with Crippen LogP contribution in [-0.4, -0.2) is 38.1 Å². The number of benzene rings is 3. The normalized spacial score (nSPS) is 12.0. The Bertz CT molecular complexity index is 1350. The summed E-state index contributed by atoms with van der Waals surface area (Å²) in [5.74, 6) is -1.94. The monoisotopic (exact) mass is 533 g/mol. The molecule has 0 aliphatic rings. The van der Waals surface area contributed by atoms with Crippen molar-refractivity contribution in [3.63, 3.8) is 0 Å². The fraction of sp³-hybridized carbons (Fsp3) is 0.300. The zero-order chi connectivity index (χ0) is 27.5. The third-order valence-electron chi connectivity index (χ3n) is 6.42. The molecule has 0 saturated heterocycles. The minimum Gasteiger partial charge on any atom is -0.398 e. The Morgan fingerprint density at radius 2 is 1.53 bits per heavy atom. The van der Waals surface area contributed by atoms with Crippen LogP contribution < -0.4 is 11.1 Å². The summed E-state index contributed by atoms with van der Waals surface area (Å²) in [6, 6.07) is 23.9. The van der Waals surface area contributed by atoms with Crippen LogP contribution in [0.1, 0.15) is 42.0 Å². The molecule has 8 heteroatoms. The molecule has 1 atom stereocenters. The number of carbonyl (C=O) groups is 2. The molecule has 0 aromatic heterocycles. The Morgan fingerprint density at radius 3 is 2.18 bits per heavy atom. The van der Waals surface area contributed by atoms with Gasteiger partial charge in [0, 0.05) is 17.8 Å². The lowest BCUT2D eigenvalue weighted by Gasteiger charge is -2.17. The van der Waals surface area contributed by atoms with Crippen LogP contribution in [0.15, 0.2) is 78.9 Å². The minimum atomic E-state index is -3.64. The molecule has 0 bridgehead atoms. The zero-order valence-electron chi connectivity index (χ0n) is 21.7. The Kier molecular flexibility index (Phi) is 10.4. The van der Waals surface area contributed by atoms with E-state index in [9.17, 15) is 18.0 Å². The Morgan fingerprint density at radius 1 is 0.895 bits per heavy atom. The molecule has 0 spiro atoms. The lowest BCUT2D eigenvalue weighted by atomic mass is 10.00. The number of rotatable bonds is 14. The van der Waals surface area contributed by atoms with Gasteiger partial charge in [0.25, 0.3) is 0 Å². The summed E-state index contributed by atoms with van der Waals surface area (Å²) >= 11 is 0. The number of hydrogen-bond donors (Lipinski definition) is 3. The summed E-state index contributed by atoms with van der Waals surface area (Å²) < 4.78 is 26.1. The van der Waals surface area contributed by atoms with E-state index in [1.54, 1.807) is 31.2 Å². The quantitative estimate of drug-likeness (QED) is 0.212. The number of nitrogen functional groups attached to an aromatic ring is 1. The van der Waals surface area contributed by atoms with Gasteiger partial charge in [-0.1, -0.05) is 72.8 Å². The Balaban J connectivity index is 1.60. The van der Waals surface area contributed by atoms with E-state index in [1.165, 1.54) is 0 Å². The lowest BCUT2D eigenvalue weighted by Crippen LogP contribution is -2.38. The van der Waals surface area contributed by atoms with Gasteiger partial charge in [0.15, 0.2) is 15.6 Å². The fourth-order valence-corrected chi connectivity index (χ4v) is 5.95. The minimum absolute atomic E-state index is 0.132. The number of Topliss-reactive ketones (excluding diaryl/α,β-unsaturated/α-hetero) is 1. The smallest absolute Gasteiger partial charge is 0.224 e. The maximum absolute atomic E-state index is 13.1. The highest BCUT2D eigenvalue weighted by atomic mass is 32.2. The number of anilines is 1. The van der Waals surface area contributed by atoms with Crippen LogP contribution in [-0.2, 0) is 38.0 Å².